The molecule has 0 radical (unpaired) electrons. The van der Waals surface area contributed by atoms with Crippen LogP contribution in [0.5, 0.6) is 5.75 Å². The zero-order chi connectivity index (χ0) is 28.9. The van der Waals surface area contributed by atoms with Crippen LogP contribution in [0.1, 0.15) is 34.3 Å². The molecule has 2 heterocycles. The number of nitrogens with one attached hydrogen (secondary N) is 1. The van der Waals surface area contributed by atoms with E-state index in [9.17, 15) is 14.0 Å². The Morgan fingerprint density at radius 1 is 1.10 bits per heavy atom. The molecule has 1 aromatic heterocycles. The van der Waals surface area contributed by atoms with E-state index in [0.717, 1.165) is 41.0 Å². The Labute approximate surface area is 238 Å². The summed E-state index contributed by atoms with van der Waals surface area (Å²) in [6, 6.07) is 19.3. The summed E-state index contributed by atoms with van der Waals surface area (Å²) in [5.41, 5.74) is 4.48. The number of methoxy groups -OCH3 is 1. The van der Waals surface area contributed by atoms with E-state index >= 15 is 0 Å². The van der Waals surface area contributed by atoms with Crippen LogP contribution in [-0.2, 0) is 9.53 Å². The molecule has 41 heavy (non-hydrogen) atoms. The summed E-state index contributed by atoms with van der Waals surface area (Å²) in [7, 11) is 1.61. The first-order valence-electron chi connectivity index (χ1n) is 13.6. The highest BCUT2D eigenvalue weighted by Crippen LogP contribution is 2.27. The number of imidazole rings is 1. The van der Waals surface area contributed by atoms with Crippen LogP contribution in [0.3, 0.4) is 0 Å². The van der Waals surface area contributed by atoms with Crippen LogP contribution >= 0.6 is 0 Å². The van der Waals surface area contributed by atoms with E-state index in [1.165, 1.54) is 23.1 Å². The molecule has 1 aliphatic heterocycles. The summed E-state index contributed by atoms with van der Waals surface area (Å²) in [6.07, 6.45) is 3.29. The smallest absolute Gasteiger partial charge is 0.257 e. The summed E-state index contributed by atoms with van der Waals surface area (Å²) in [6.45, 7) is 4.55. The van der Waals surface area contributed by atoms with Crippen molar-refractivity contribution in [2.75, 3.05) is 32.1 Å². The van der Waals surface area contributed by atoms with E-state index in [2.05, 4.69) is 5.32 Å². The van der Waals surface area contributed by atoms with Gasteiger partial charge >= 0.3 is 0 Å². The van der Waals surface area contributed by atoms with Crippen molar-refractivity contribution in [3.63, 3.8) is 0 Å². The summed E-state index contributed by atoms with van der Waals surface area (Å²) >= 11 is 0. The third-order valence-electron chi connectivity index (χ3n) is 7.29. The van der Waals surface area contributed by atoms with Crippen LogP contribution in [-0.4, -0.2) is 59.2 Å². The number of nitrogens with zero attached hydrogens (tertiary/aromatic N) is 3. The molecule has 212 valence electrons. The first-order valence-corrected chi connectivity index (χ1v) is 13.6. The SMILES string of the molecule is COc1ccc(-c2cn(-c3ccc(C)c(C)c3)c(NC(=O)CN(C[C@H]3CCCO3)C(=O)c3ccccc3F)n2)cc1. The van der Waals surface area contributed by atoms with Crippen molar-refractivity contribution in [2.45, 2.75) is 32.8 Å². The quantitative estimate of drug-likeness (QED) is 0.292. The third-order valence-corrected chi connectivity index (χ3v) is 7.29. The van der Waals surface area contributed by atoms with Gasteiger partial charge in [-0.3, -0.25) is 19.5 Å². The van der Waals surface area contributed by atoms with Gasteiger partial charge in [0.05, 0.1) is 24.5 Å². The van der Waals surface area contributed by atoms with Gasteiger partial charge in [-0.25, -0.2) is 9.37 Å². The summed E-state index contributed by atoms with van der Waals surface area (Å²) in [5.74, 6) is -0.624. The average molecular weight is 557 g/mol. The molecule has 1 atom stereocenters. The first kappa shape index (κ1) is 28.0. The molecular weight excluding hydrogens is 523 g/mol. The molecule has 9 heteroatoms. The normalized spacial score (nSPS) is 14.6. The van der Waals surface area contributed by atoms with Crippen molar-refractivity contribution in [2.24, 2.45) is 0 Å². The molecule has 1 aliphatic rings. The lowest BCUT2D eigenvalue weighted by molar-refractivity contribution is -0.117. The van der Waals surface area contributed by atoms with Gasteiger partial charge in [-0.05, 0) is 86.3 Å². The Kier molecular flexibility index (Phi) is 8.45. The molecule has 0 bridgehead atoms. The van der Waals surface area contributed by atoms with Gasteiger partial charge in [0.15, 0.2) is 0 Å². The number of aryl methyl sites for hydroxylation is 2. The zero-order valence-electron chi connectivity index (χ0n) is 23.4. The number of benzene rings is 3. The Morgan fingerprint density at radius 3 is 2.56 bits per heavy atom. The monoisotopic (exact) mass is 556 g/mol. The highest BCUT2D eigenvalue weighted by Gasteiger charge is 2.27. The van der Waals surface area contributed by atoms with Crippen molar-refractivity contribution >= 4 is 17.8 Å². The van der Waals surface area contributed by atoms with Crippen molar-refractivity contribution in [1.82, 2.24) is 14.5 Å². The Balaban J connectivity index is 1.44. The number of hydrogen-bond donors (Lipinski definition) is 1. The molecular formula is C32H33FN4O4. The second-order valence-electron chi connectivity index (χ2n) is 10.2. The van der Waals surface area contributed by atoms with Gasteiger partial charge in [0.2, 0.25) is 11.9 Å². The number of carbonyl (C=O) groups excluding carboxylic acids is 2. The minimum absolute atomic E-state index is 0.0864. The van der Waals surface area contributed by atoms with Gasteiger partial charge in [-0.2, -0.15) is 0 Å². The van der Waals surface area contributed by atoms with E-state index in [4.69, 9.17) is 14.5 Å². The van der Waals surface area contributed by atoms with Gasteiger partial charge in [0, 0.05) is 30.6 Å². The van der Waals surface area contributed by atoms with Crippen molar-refractivity contribution in [3.8, 4) is 22.7 Å². The van der Waals surface area contributed by atoms with Crippen molar-refractivity contribution in [3.05, 3.63) is 95.4 Å². The van der Waals surface area contributed by atoms with Crippen LogP contribution in [0.15, 0.2) is 72.9 Å². The van der Waals surface area contributed by atoms with Gasteiger partial charge < -0.3 is 14.4 Å². The number of anilines is 1. The number of ether oxygens (including phenoxy) is 2. The van der Waals surface area contributed by atoms with Gasteiger partial charge in [-0.1, -0.05) is 18.2 Å². The Hall–Kier alpha value is -4.50. The predicted molar refractivity (Wildman–Crippen MR) is 155 cm³/mol. The van der Waals surface area contributed by atoms with E-state index in [0.29, 0.717) is 18.2 Å². The lowest BCUT2D eigenvalue weighted by Crippen LogP contribution is -2.42. The van der Waals surface area contributed by atoms with Gasteiger partial charge in [0.1, 0.15) is 18.1 Å². The van der Waals surface area contributed by atoms with E-state index in [1.54, 1.807) is 13.2 Å². The molecule has 2 amide bonds. The summed E-state index contributed by atoms with van der Waals surface area (Å²) in [5, 5.41) is 2.89. The van der Waals surface area contributed by atoms with Crippen LogP contribution in [0.25, 0.3) is 16.9 Å². The molecule has 3 aromatic carbocycles. The second kappa shape index (κ2) is 12.3. The minimum Gasteiger partial charge on any atom is -0.497 e. The third kappa shape index (κ3) is 6.47. The van der Waals surface area contributed by atoms with E-state index in [-0.39, 0.29) is 24.8 Å². The average Bonchev–Trinajstić information content (AvgIpc) is 3.64. The lowest BCUT2D eigenvalue weighted by Gasteiger charge is -2.25. The zero-order valence-corrected chi connectivity index (χ0v) is 23.4. The molecule has 0 saturated carbocycles. The van der Waals surface area contributed by atoms with E-state index < -0.39 is 17.6 Å². The topological polar surface area (TPSA) is 85.7 Å². The van der Waals surface area contributed by atoms with E-state index in [1.807, 2.05) is 67.1 Å². The number of amides is 2. The fourth-order valence-electron chi connectivity index (χ4n) is 4.84. The second-order valence-corrected chi connectivity index (χ2v) is 10.2. The van der Waals surface area contributed by atoms with Crippen molar-refractivity contribution in [1.29, 1.82) is 0 Å². The van der Waals surface area contributed by atoms with Crippen LogP contribution in [0.2, 0.25) is 0 Å². The highest BCUT2D eigenvalue weighted by atomic mass is 19.1. The van der Waals surface area contributed by atoms with Crippen LogP contribution < -0.4 is 10.1 Å². The molecule has 1 N–H and O–H groups in total. The number of halogens is 1. The molecule has 0 aliphatic carbocycles. The van der Waals surface area contributed by atoms with Crippen LogP contribution in [0.4, 0.5) is 10.3 Å². The number of aromatic nitrogens is 2. The molecule has 1 saturated heterocycles. The predicted octanol–water partition coefficient (Wildman–Crippen LogP) is 5.56. The highest BCUT2D eigenvalue weighted by molar-refractivity contribution is 5.99. The summed E-state index contributed by atoms with van der Waals surface area (Å²) < 4.78 is 27.3. The summed E-state index contributed by atoms with van der Waals surface area (Å²) in [4.78, 5) is 32.9. The maximum Gasteiger partial charge on any atom is 0.257 e. The molecule has 4 aromatic rings. The fourth-order valence-corrected chi connectivity index (χ4v) is 4.84. The first-order chi connectivity index (χ1) is 19.8. The molecule has 0 spiro atoms. The minimum atomic E-state index is -0.635. The largest absolute Gasteiger partial charge is 0.497 e. The molecule has 0 unspecified atom stereocenters. The standard InChI is InChI=1S/C32H33FN4O4/c1-21-10-13-24(17-22(21)2)37-19-29(23-11-14-25(40-3)15-12-23)34-32(37)35-30(38)20-36(18-26-7-6-16-41-26)31(39)27-8-4-5-9-28(27)33/h4-5,8-15,17,19,26H,6-7,16,18,20H2,1-3H3,(H,34,35,38)/t26-/m1/s1. The number of hydrogen-bond acceptors (Lipinski definition) is 5. The maximum atomic E-state index is 14.5. The van der Waals surface area contributed by atoms with Gasteiger partial charge in [-0.15, -0.1) is 0 Å². The Morgan fingerprint density at radius 2 is 1.88 bits per heavy atom. The molecule has 5 rings (SSSR count). The number of rotatable bonds is 9. The molecule has 8 nitrogen and oxygen atoms in total. The fraction of sp³-hybridized carbons (Fsp3) is 0.281. The van der Waals surface area contributed by atoms with Crippen LogP contribution in [0, 0.1) is 19.7 Å². The van der Waals surface area contributed by atoms with Gasteiger partial charge in [0.25, 0.3) is 5.91 Å². The maximum absolute atomic E-state index is 14.5. The lowest BCUT2D eigenvalue weighted by atomic mass is 10.1. The molecule has 1 fully saturated rings. The number of carbonyl (C=O) groups is 2. The van der Waals surface area contributed by atoms with Crippen molar-refractivity contribution < 1.29 is 23.5 Å². The Bertz CT molecular complexity index is 1540.